The third-order valence-electron chi connectivity index (χ3n) is 5.97. The minimum absolute atomic E-state index is 0.198. The summed E-state index contributed by atoms with van der Waals surface area (Å²) < 4.78 is 0. The molecule has 178 valence electrons. The van der Waals surface area contributed by atoms with Gasteiger partial charge in [0.2, 0.25) is 5.91 Å². The number of hydrogen-bond acceptors (Lipinski definition) is 1. The third-order valence-corrected chi connectivity index (χ3v) is 5.97. The van der Waals surface area contributed by atoms with Crippen LogP contribution in [0.3, 0.4) is 0 Å². The number of carbonyl (C=O) groups excluding carboxylic acids is 1. The molecule has 0 unspecified atom stereocenters. The largest absolute Gasteiger partial charge is 0.356 e. The minimum Gasteiger partial charge on any atom is -0.356 e. The number of allylic oxidation sites excluding steroid dienone is 3. The number of nitrogens with one attached hydrogen (secondary N) is 1. The molecule has 2 heteroatoms. The molecule has 0 aromatic carbocycles. The van der Waals surface area contributed by atoms with Gasteiger partial charge < -0.3 is 5.32 Å². The molecule has 0 saturated heterocycles. The van der Waals surface area contributed by atoms with E-state index in [9.17, 15) is 4.79 Å². The van der Waals surface area contributed by atoms with Crippen molar-refractivity contribution in [1.29, 1.82) is 0 Å². The first kappa shape index (κ1) is 28.1. The average Bonchev–Trinajstić information content (AvgIpc) is 3.31. The zero-order chi connectivity index (χ0) is 23.0. The molecule has 32 heavy (non-hydrogen) atoms. The van der Waals surface area contributed by atoms with Crippen molar-refractivity contribution < 1.29 is 4.79 Å². The predicted octanol–water partition coefficient (Wildman–Crippen LogP) is 8.04. The first-order valence-corrected chi connectivity index (χ1v) is 13.4. The van der Waals surface area contributed by atoms with Crippen LogP contribution in [0.2, 0.25) is 0 Å². The molecule has 1 rings (SSSR count). The summed E-state index contributed by atoms with van der Waals surface area (Å²) in [5, 5.41) is 3.03. The van der Waals surface area contributed by atoms with Crippen molar-refractivity contribution >= 4 is 5.91 Å². The van der Waals surface area contributed by atoms with Gasteiger partial charge in [-0.05, 0) is 43.9 Å². The summed E-state index contributed by atoms with van der Waals surface area (Å²) >= 11 is 0. The molecule has 2 nitrogen and oxygen atoms in total. The van der Waals surface area contributed by atoms with Gasteiger partial charge in [-0.25, -0.2) is 0 Å². The maximum atomic E-state index is 11.8. The Bertz CT molecular complexity index is 650. The fourth-order valence-electron chi connectivity index (χ4n) is 3.89. The van der Waals surface area contributed by atoms with Gasteiger partial charge in [-0.3, -0.25) is 4.79 Å². The Morgan fingerprint density at radius 1 is 0.812 bits per heavy atom. The quantitative estimate of drug-likeness (QED) is 0.161. The SMILES string of the molecule is CCCCCCCCCCCC#CC#CCCCCCCCC(=O)NCCC1=CC=CC1. The highest BCUT2D eigenvalue weighted by Crippen LogP contribution is 2.13. The van der Waals surface area contributed by atoms with E-state index in [1.54, 1.807) is 0 Å². The summed E-state index contributed by atoms with van der Waals surface area (Å²) in [6, 6.07) is 0. The lowest BCUT2D eigenvalue weighted by Crippen LogP contribution is -2.24. The number of unbranched alkanes of at least 4 members (excludes halogenated alkanes) is 14. The molecule has 0 aliphatic heterocycles. The van der Waals surface area contributed by atoms with Crippen molar-refractivity contribution in [1.82, 2.24) is 5.32 Å². The fraction of sp³-hybridized carbons (Fsp3) is 0.700. The van der Waals surface area contributed by atoms with Gasteiger partial charge in [-0.2, -0.15) is 0 Å². The van der Waals surface area contributed by atoms with Gasteiger partial charge in [0.25, 0.3) is 0 Å². The van der Waals surface area contributed by atoms with E-state index in [0.29, 0.717) is 6.42 Å². The highest BCUT2D eigenvalue weighted by molar-refractivity contribution is 5.75. The zero-order valence-corrected chi connectivity index (χ0v) is 20.8. The van der Waals surface area contributed by atoms with Crippen molar-refractivity contribution in [3.63, 3.8) is 0 Å². The maximum absolute atomic E-state index is 11.8. The molecule has 0 aromatic rings. The standard InChI is InChI=1S/C30H47NO/c1-2-3-4-5-6-7-8-9-10-11-12-13-14-15-16-17-18-19-20-21-26-30(32)31-28-27-29-24-22-23-25-29/h22-24H,2-11,16-21,25-28H2,1H3,(H,31,32). The van der Waals surface area contributed by atoms with E-state index in [-0.39, 0.29) is 5.91 Å². The first-order valence-electron chi connectivity index (χ1n) is 13.4. The lowest BCUT2D eigenvalue weighted by molar-refractivity contribution is -0.121. The van der Waals surface area contributed by atoms with Crippen molar-refractivity contribution in [2.75, 3.05) is 6.54 Å². The summed E-state index contributed by atoms with van der Waals surface area (Å²) in [6.45, 7) is 3.04. The van der Waals surface area contributed by atoms with Crippen LogP contribution in [0, 0.1) is 23.7 Å². The van der Waals surface area contributed by atoms with Gasteiger partial charge in [0.1, 0.15) is 0 Å². The van der Waals surface area contributed by atoms with E-state index in [1.807, 2.05) is 0 Å². The number of hydrogen-bond donors (Lipinski definition) is 1. The monoisotopic (exact) mass is 437 g/mol. The molecule has 0 spiro atoms. The van der Waals surface area contributed by atoms with Crippen molar-refractivity contribution in [3.05, 3.63) is 23.8 Å². The molecule has 0 atom stereocenters. The average molecular weight is 438 g/mol. The van der Waals surface area contributed by atoms with Crippen LogP contribution in [0.25, 0.3) is 0 Å². The van der Waals surface area contributed by atoms with Crippen LogP contribution in [0.5, 0.6) is 0 Å². The van der Waals surface area contributed by atoms with E-state index in [4.69, 9.17) is 0 Å². The maximum Gasteiger partial charge on any atom is 0.220 e. The molecule has 0 heterocycles. The second-order valence-electron chi connectivity index (χ2n) is 9.01. The van der Waals surface area contributed by atoms with E-state index >= 15 is 0 Å². The topological polar surface area (TPSA) is 29.1 Å². The normalized spacial score (nSPS) is 12.0. The van der Waals surface area contributed by atoms with Crippen LogP contribution in [0.4, 0.5) is 0 Å². The molecule has 0 fully saturated rings. The molecule has 0 saturated carbocycles. The molecule has 1 aliphatic carbocycles. The second kappa shape index (κ2) is 22.3. The van der Waals surface area contributed by atoms with Crippen LogP contribution in [0.15, 0.2) is 23.8 Å². The second-order valence-corrected chi connectivity index (χ2v) is 9.01. The summed E-state index contributed by atoms with van der Waals surface area (Å²) in [5.74, 6) is 12.6. The van der Waals surface area contributed by atoms with Crippen LogP contribution in [-0.2, 0) is 4.79 Å². The molecule has 0 bridgehead atoms. The van der Waals surface area contributed by atoms with Gasteiger partial charge in [0.15, 0.2) is 0 Å². The Balaban J connectivity index is 1.80. The van der Waals surface area contributed by atoms with Gasteiger partial charge in [0.05, 0.1) is 0 Å². The van der Waals surface area contributed by atoms with Crippen molar-refractivity contribution in [2.24, 2.45) is 0 Å². The smallest absolute Gasteiger partial charge is 0.220 e. The Morgan fingerprint density at radius 3 is 1.94 bits per heavy atom. The summed E-state index contributed by atoms with van der Waals surface area (Å²) in [6.07, 6.45) is 28.9. The predicted molar refractivity (Wildman–Crippen MR) is 139 cm³/mol. The highest BCUT2D eigenvalue weighted by Gasteiger charge is 2.03. The lowest BCUT2D eigenvalue weighted by Gasteiger charge is -2.05. The zero-order valence-electron chi connectivity index (χ0n) is 20.8. The van der Waals surface area contributed by atoms with E-state index < -0.39 is 0 Å². The van der Waals surface area contributed by atoms with Crippen molar-refractivity contribution in [3.8, 4) is 23.7 Å². The lowest BCUT2D eigenvalue weighted by atomic mass is 10.1. The van der Waals surface area contributed by atoms with E-state index in [1.165, 1.54) is 76.2 Å². The van der Waals surface area contributed by atoms with Crippen LogP contribution in [-0.4, -0.2) is 12.5 Å². The fourth-order valence-corrected chi connectivity index (χ4v) is 3.89. The van der Waals surface area contributed by atoms with Gasteiger partial charge >= 0.3 is 0 Å². The summed E-state index contributed by atoms with van der Waals surface area (Å²) in [4.78, 5) is 11.8. The molecule has 0 aromatic heterocycles. The molecule has 1 N–H and O–H groups in total. The van der Waals surface area contributed by atoms with Crippen molar-refractivity contribution in [2.45, 2.75) is 129 Å². The number of amides is 1. The minimum atomic E-state index is 0.198. The van der Waals surface area contributed by atoms with Gasteiger partial charge in [0, 0.05) is 25.8 Å². The molecule has 1 aliphatic rings. The molecular formula is C30H47NO. The van der Waals surface area contributed by atoms with E-state index in [2.05, 4.69) is 54.2 Å². The summed E-state index contributed by atoms with van der Waals surface area (Å²) in [5.41, 5.74) is 1.41. The van der Waals surface area contributed by atoms with Crippen LogP contribution >= 0.6 is 0 Å². The number of carbonyl (C=O) groups is 1. The molecule has 0 radical (unpaired) electrons. The first-order chi connectivity index (χ1) is 15.8. The summed E-state index contributed by atoms with van der Waals surface area (Å²) in [7, 11) is 0. The molecule has 1 amide bonds. The Kier molecular flexibility index (Phi) is 19.6. The van der Waals surface area contributed by atoms with Gasteiger partial charge in [-0.15, -0.1) is 0 Å². The Labute approximate surface area is 199 Å². The third kappa shape index (κ3) is 18.8. The number of rotatable bonds is 19. The highest BCUT2D eigenvalue weighted by atomic mass is 16.1. The van der Waals surface area contributed by atoms with Crippen LogP contribution in [0.1, 0.15) is 129 Å². The van der Waals surface area contributed by atoms with Crippen LogP contribution < -0.4 is 5.32 Å². The Hall–Kier alpha value is -1.93. The molecular weight excluding hydrogens is 390 g/mol. The van der Waals surface area contributed by atoms with E-state index in [0.717, 1.165) is 51.5 Å². The Morgan fingerprint density at radius 2 is 1.38 bits per heavy atom. The van der Waals surface area contributed by atoms with Gasteiger partial charge in [-0.1, -0.05) is 113 Å².